The van der Waals surface area contributed by atoms with E-state index in [1.54, 1.807) is 6.07 Å². The first-order chi connectivity index (χ1) is 21.0. The molecule has 3 aromatic rings. The number of halogens is 2. The summed E-state index contributed by atoms with van der Waals surface area (Å²) >= 11 is 12.6. The Kier molecular flexibility index (Phi) is 13.8. The summed E-state index contributed by atoms with van der Waals surface area (Å²) in [5, 5.41) is 2.20. The van der Waals surface area contributed by atoms with Crippen LogP contribution < -0.4 is 14.4 Å². The van der Waals surface area contributed by atoms with Crippen LogP contribution in [-0.4, -0.2) is 68.8 Å². The van der Waals surface area contributed by atoms with E-state index in [2.05, 4.69) is 21.7 Å². The summed E-state index contributed by atoms with van der Waals surface area (Å²) in [4.78, 5) is 21.1. The number of aromatic nitrogens is 1. The molecule has 0 spiro atoms. The Morgan fingerprint density at radius 1 is 0.837 bits per heavy atom. The molecule has 1 fully saturated rings. The zero-order chi connectivity index (χ0) is 30.3. The number of hydrogen-bond donors (Lipinski definition) is 0. The minimum Gasteiger partial charge on any atom is -0.494 e. The van der Waals surface area contributed by atoms with Crippen molar-refractivity contribution >= 4 is 45.9 Å². The summed E-state index contributed by atoms with van der Waals surface area (Å²) in [6, 6.07) is 15.3. The summed E-state index contributed by atoms with van der Waals surface area (Å²) in [5.41, 5.74) is 1.76. The highest BCUT2D eigenvalue weighted by molar-refractivity contribution is 6.43. The lowest BCUT2D eigenvalue weighted by Crippen LogP contribution is -2.46. The van der Waals surface area contributed by atoms with E-state index in [0.717, 1.165) is 87.2 Å². The highest BCUT2D eigenvalue weighted by Gasteiger charge is 2.19. The van der Waals surface area contributed by atoms with E-state index < -0.39 is 6.16 Å². The van der Waals surface area contributed by atoms with Crippen LogP contribution in [-0.2, 0) is 9.47 Å². The third-order valence-electron chi connectivity index (χ3n) is 7.52. The molecule has 0 amide bonds. The fraction of sp³-hybridized carbons (Fsp3) is 0.515. The smallest absolute Gasteiger partial charge is 0.494 e. The van der Waals surface area contributed by atoms with Gasteiger partial charge in [-0.25, -0.2) is 9.78 Å². The maximum Gasteiger partial charge on any atom is 0.511 e. The SMILES string of the molecule is CCCCCCCCOC(=O)OCOc1ccc2ccc(OCCCCN3CCN(c4cccc(Cl)c4Cl)CC3)cc2n1. The van der Waals surface area contributed by atoms with Crippen LogP contribution in [0, 0.1) is 0 Å². The van der Waals surface area contributed by atoms with Gasteiger partial charge in [0.25, 0.3) is 0 Å². The predicted molar refractivity (Wildman–Crippen MR) is 173 cm³/mol. The monoisotopic (exact) mass is 631 g/mol. The molecule has 1 saturated heterocycles. The fourth-order valence-corrected chi connectivity index (χ4v) is 5.46. The van der Waals surface area contributed by atoms with Gasteiger partial charge in [0.05, 0.1) is 34.5 Å². The number of unbranched alkanes of at least 4 members (excludes halogenated alkanes) is 6. The summed E-state index contributed by atoms with van der Waals surface area (Å²) < 4.78 is 21.6. The van der Waals surface area contributed by atoms with Gasteiger partial charge in [-0.15, -0.1) is 0 Å². The predicted octanol–water partition coefficient (Wildman–Crippen LogP) is 8.37. The van der Waals surface area contributed by atoms with Gasteiger partial charge in [-0.05, 0) is 56.1 Å². The van der Waals surface area contributed by atoms with Crippen molar-refractivity contribution in [2.75, 3.05) is 57.6 Å². The third kappa shape index (κ3) is 10.9. The lowest BCUT2D eigenvalue weighted by molar-refractivity contribution is 0.00268. The molecule has 1 aromatic heterocycles. The largest absolute Gasteiger partial charge is 0.511 e. The van der Waals surface area contributed by atoms with Gasteiger partial charge in [0.2, 0.25) is 12.7 Å². The van der Waals surface area contributed by atoms with Gasteiger partial charge in [0.1, 0.15) is 5.75 Å². The van der Waals surface area contributed by atoms with Gasteiger partial charge in [0.15, 0.2) is 0 Å². The molecule has 8 nitrogen and oxygen atoms in total. The Labute approximate surface area is 265 Å². The number of carbonyl (C=O) groups is 1. The lowest BCUT2D eigenvalue weighted by atomic mass is 10.1. The zero-order valence-electron chi connectivity index (χ0n) is 25.1. The zero-order valence-corrected chi connectivity index (χ0v) is 26.6. The first-order valence-electron chi connectivity index (χ1n) is 15.4. The Morgan fingerprint density at radius 3 is 2.44 bits per heavy atom. The van der Waals surface area contributed by atoms with Crippen LogP contribution in [0.15, 0.2) is 48.5 Å². The molecular formula is C33H43Cl2N3O5. The minimum absolute atomic E-state index is 0.257. The number of piperazine rings is 1. The Balaban J connectivity index is 1.10. The normalized spacial score (nSPS) is 13.7. The number of pyridine rings is 1. The summed E-state index contributed by atoms with van der Waals surface area (Å²) in [7, 11) is 0. The van der Waals surface area contributed by atoms with Gasteiger partial charge in [-0.2, -0.15) is 0 Å². The van der Waals surface area contributed by atoms with Crippen molar-refractivity contribution in [1.82, 2.24) is 9.88 Å². The first-order valence-corrected chi connectivity index (χ1v) is 16.2. The molecule has 1 aliphatic heterocycles. The molecule has 0 saturated carbocycles. The number of ether oxygens (including phenoxy) is 4. The molecule has 0 unspecified atom stereocenters. The van der Waals surface area contributed by atoms with Crippen molar-refractivity contribution in [1.29, 1.82) is 0 Å². The molecule has 0 aliphatic carbocycles. The fourth-order valence-electron chi connectivity index (χ4n) is 5.04. The second kappa shape index (κ2) is 18.0. The molecule has 1 aliphatic rings. The van der Waals surface area contributed by atoms with E-state index >= 15 is 0 Å². The highest BCUT2D eigenvalue weighted by Crippen LogP contribution is 2.33. The molecule has 0 atom stereocenters. The van der Waals surface area contributed by atoms with Crippen molar-refractivity contribution in [2.45, 2.75) is 58.3 Å². The van der Waals surface area contributed by atoms with Crippen molar-refractivity contribution in [2.24, 2.45) is 0 Å². The van der Waals surface area contributed by atoms with Gasteiger partial charge < -0.3 is 23.8 Å². The molecule has 10 heteroatoms. The van der Waals surface area contributed by atoms with Crippen molar-refractivity contribution in [3.63, 3.8) is 0 Å². The second-order valence-corrected chi connectivity index (χ2v) is 11.5. The number of carbonyl (C=O) groups excluding carboxylic acids is 1. The van der Waals surface area contributed by atoms with Crippen LogP contribution in [0.2, 0.25) is 10.0 Å². The van der Waals surface area contributed by atoms with Crippen molar-refractivity contribution in [3.8, 4) is 11.6 Å². The number of rotatable bonds is 17. The van der Waals surface area contributed by atoms with Crippen LogP contribution in [0.4, 0.5) is 10.5 Å². The summed E-state index contributed by atoms with van der Waals surface area (Å²) in [5.74, 6) is 1.13. The van der Waals surface area contributed by atoms with Crippen LogP contribution >= 0.6 is 23.2 Å². The van der Waals surface area contributed by atoms with E-state index in [9.17, 15) is 4.79 Å². The number of fused-ring (bicyclic) bond motifs is 1. The highest BCUT2D eigenvalue weighted by atomic mass is 35.5. The van der Waals surface area contributed by atoms with Crippen molar-refractivity contribution in [3.05, 3.63) is 58.6 Å². The topological polar surface area (TPSA) is 73.4 Å². The maximum atomic E-state index is 11.8. The first kappa shape index (κ1) is 33.0. The van der Waals surface area contributed by atoms with E-state index in [4.69, 9.17) is 42.1 Å². The van der Waals surface area contributed by atoms with Gasteiger partial charge in [0, 0.05) is 43.7 Å². The molecule has 0 radical (unpaired) electrons. The third-order valence-corrected chi connectivity index (χ3v) is 8.33. The van der Waals surface area contributed by atoms with E-state index in [1.165, 1.54) is 19.3 Å². The van der Waals surface area contributed by atoms with E-state index in [0.29, 0.717) is 29.1 Å². The second-order valence-electron chi connectivity index (χ2n) is 10.7. The van der Waals surface area contributed by atoms with Crippen LogP contribution in [0.25, 0.3) is 10.9 Å². The van der Waals surface area contributed by atoms with Crippen LogP contribution in [0.5, 0.6) is 11.6 Å². The summed E-state index contributed by atoms with van der Waals surface area (Å²) in [6.07, 6.45) is 8.04. The number of anilines is 1. The van der Waals surface area contributed by atoms with Gasteiger partial charge in [-0.3, -0.25) is 4.90 Å². The Hall–Kier alpha value is -2.94. The quantitative estimate of drug-likeness (QED) is 0.0835. The number of hydrogen-bond acceptors (Lipinski definition) is 8. The molecule has 2 aromatic carbocycles. The summed E-state index contributed by atoms with van der Waals surface area (Å²) in [6.45, 7) is 7.82. The average Bonchev–Trinajstić information content (AvgIpc) is 3.02. The van der Waals surface area contributed by atoms with Crippen LogP contribution in [0.1, 0.15) is 58.3 Å². The van der Waals surface area contributed by atoms with E-state index in [1.807, 2.05) is 42.5 Å². The van der Waals surface area contributed by atoms with Gasteiger partial charge in [-0.1, -0.05) is 68.3 Å². The molecule has 2 heterocycles. The van der Waals surface area contributed by atoms with Crippen LogP contribution in [0.3, 0.4) is 0 Å². The maximum absolute atomic E-state index is 11.8. The Morgan fingerprint density at radius 2 is 1.60 bits per heavy atom. The molecule has 0 bridgehead atoms. The standard InChI is InChI=1S/C33H43Cl2N3O5/c1-2-3-4-5-6-8-23-41-33(39)43-25-42-31-16-14-26-13-15-27(24-29(26)36-31)40-22-9-7-17-37-18-20-38(21-19-37)30-12-10-11-28(34)32(30)35/h10-16,24H,2-9,17-23,25H2,1H3. The molecular weight excluding hydrogens is 589 g/mol. The number of nitrogens with zero attached hydrogens (tertiary/aromatic N) is 3. The average molecular weight is 633 g/mol. The molecule has 234 valence electrons. The van der Waals surface area contributed by atoms with E-state index in [-0.39, 0.29) is 6.79 Å². The van der Waals surface area contributed by atoms with Gasteiger partial charge >= 0.3 is 6.16 Å². The minimum atomic E-state index is -0.727. The number of benzene rings is 2. The molecule has 0 N–H and O–H groups in total. The molecule has 43 heavy (non-hydrogen) atoms. The lowest BCUT2D eigenvalue weighted by Gasteiger charge is -2.36. The van der Waals surface area contributed by atoms with Crippen molar-refractivity contribution < 1.29 is 23.7 Å². The Bertz CT molecular complexity index is 1290. The molecule has 4 rings (SSSR count).